The summed E-state index contributed by atoms with van der Waals surface area (Å²) >= 11 is 0. The van der Waals surface area contributed by atoms with Crippen LogP contribution in [0.2, 0.25) is 0 Å². The van der Waals surface area contributed by atoms with E-state index in [-0.39, 0.29) is 17.9 Å². The van der Waals surface area contributed by atoms with Crippen LogP contribution in [-0.4, -0.2) is 17.6 Å². The normalized spacial score (nSPS) is 10.7. The molecule has 0 atom stereocenters. The van der Waals surface area contributed by atoms with E-state index in [1.807, 2.05) is 54.6 Å². The van der Waals surface area contributed by atoms with Crippen LogP contribution in [0.15, 0.2) is 59.4 Å². The minimum atomic E-state index is -0.288. The van der Waals surface area contributed by atoms with E-state index in [9.17, 15) is 9.59 Å². The van der Waals surface area contributed by atoms with Gasteiger partial charge in [0.05, 0.1) is 6.61 Å². The number of hydrogen-bond acceptors (Lipinski definition) is 3. The van der Waals surface area contributed by atoms with Gasteiger partial charge in [-0.25, -0.2) is 0 Å². The van der Waals surface area contributed by atoms with Gasteiger partial charge in [-0.05, 0) is 30.5 Å². The number of nitrogens with one attached hydrogen (secondary N) is 1. The lowest BCUT2D eigenvalue weighted by molar-refractivity contribution is -0.143. The van der Waals surface area contributed by atoms with E-state index in [2.05, 4.69) is 4.98 Å². The van der Waals surface area contributed by atoms with Gasteiger partial charge >= 0.3 is 5.97 Å². The number of benzene rings is 2. The summed E-state index contributed by atoms with van der Waals surface area (Å²) in [5, 5.41) is 0.974. The number of carbonyl (C=O) groups is 1. The van der Waals surface area contributed by atoms with Crippen molar-refractivity contribution in [3.63, 3.8) is 0 Å². The molecule has 1 N–H and O–H groups in total. The third kappa shape index (κ3) is 3.23. The van der Waals surface area contributed by atoms with Gasteiger partial charge in [-0.3, -0.25) is 9.59 Å². The number of para-hydroxylation sites is 1. The molecule has 3 aromatic rings. The predicted molar refractivity (Wildman–Crippen MR) is 95.0 cm³/mol. The van der Waals surface area contributed by atoms with Gasteiger partial charge in [-0.1, -0.05) is 48.5 Å². The van der Waals surface area contributed by atoms with Crippen molar-refractivity contribution in [2.75, 3.05) is 6.61 Å². The zero-order valence-electron chi connectivity index (χ0n) is 13.5. The number of ether oxygens (including phenoxy) is 1. The van der Waals surface area contributed by atoms with Gasteiger partial charge in [0, 0.05) is 22.9 Å². The van der Waals surface area contributed by atoms with E-state index < -0.39 is 0 Å². The van der Waals surface area contributed by atoms with E-state index in [0.29, 0.717) is 18.6 Å². The van der Waals surface area contributed by atoms with Crippen LogP contribution >= 0.6 is 0 Å². The average molecular weight is 321 g/mol. The Balaban J connectivity index is 2.15. The molecule has 2 aromatic carbocycles. The van der Waals surface area contributed by atoms with Crippen molar-refractivity contribution in [3.05, 3.63) is 70.5 Å². The van der Waals surface area contributed by atoms with Crippen LogP contribution in [0, 0.1) is 0 Å². The summed E-state index contributed by atoms with van der Waals surface area (Å²) in [5.41, 5.74) is 3.11. The molecular formula is C20H19NO3. The minimum Gasteiger partial charge on any atom is -0.466 e. The molecule has 0 saturated carbocycles. The monoisotopic (exact) mass is 321 g/mol. The molecule has 0 aliphatic carbocycles. The van der Waals surface area contributed by atoms with Crippen molar-refractivity contribution in [3.8, 4) is 11.1 Å². The second kappa shape index (κ2) is 7.13. The lowest BCUT2D eigenvalue weighted by atomic mass is 9.94. The Bertz CT molecular complexity index is 913. The first kappa shape index (κ1) is 16.0. The summed E-state index contributed by atoms with van der Waals surface area (Å²) in [6.07, 6.45) is 0.540. The highest BCUT2D eigenvalue weighted by molar-refractivity contribution is 5.96. The highest BCUT2D eigenvalue weighted by Crippen LogP contribution is 2.29. The molecule has 1 heterocycles. The summed E-state index contributed by atoms with van der Waals surface area (Å²) in [5.74, 6) is -0.288. The van der Waals surface area contributed by atoms with Gasteiger partial charge in [0.25, 0.3) is 5.56 Å². The first-order chi connectivity index (χ1) is 11.7. The van der Waals surface area contributed by atoms with Crippen LogP contribution in [0.4, 0.5) is 0 Å². The molecule has 24 heavy (non-hydrogen) atoms. The molecule has 0 radical (unpaired) electrons. The molecule has 122 valence electrons. The maximum absolute atomic E-state index is 12.6. The summed E-state index contributed by atoms with van der Waals surface area (Å²) < 4.78 is 4.99. The van der Waals surface area contributed by atoms with Crippen LogP contribution in [0.1, 0.15) is 18.9 Å². The van der Waals surface area contributed by atoms with Gasteiger partial charge in [0.2, 0.25) is 0 Å². The standard InChI is InChI=1S/C20H19NO3/c1-2-24-18(22)13-12-16-19(14-8-4-3-5-9-14)15-10-6-7-11-17(15)21-20(16)23/h3-11H,2,12-13H2,1H3,(H,21,23). The number of aromatic amines is 1. The second-order valence-corrected chi connectivity index (χ2v) is 5.52. The third-order valence-corrected chi connectivity index (χ3v) is 3.97. The SMILES string of the molecule is CCOC(=O)CCc1c(-c2ccccc2)c2ccccc2[nH]c1=O. The summed E-state index contributed by atoms with van der Waals surface area (Å²) in [6, 6.07) is 17.5. The molecular weight excluding hydrogens is 302 g/mol. The fourth-order valence-corrected chi connectivity index (χ4v) is 2.92. The van der Waals surface area contributed by atoms with Gasteiger partial charge in [-0.15, -0.1) is 0 Å². The summed E-state index contributed by atoms with van der Waals surface area (Å²) in [6.45, 7) is 2.12. The summed E-state index contributed by atoms with van der Waals surface area (Å²) in [7, 11) is 0. The largest absolute Gasteiger partial charge is 0.466 e. The Kier molecular flexibility index (Phi) is 4.75. The Labute approximate surface area is 140 Å². The molecule has 4 nitrogen and oxygen atoms in total. The van der Waals surface area contributed by atoms with Crippen molar-refractivity contribution in [1.82, 2.24) is 4.98 Å². The molecule has 4 heteroatoms. The molecule has 3 rings (SSSR count). The second-order valence-electron chi connectivity index (χ2n) is 5.52. The molecule has 0 fully saturated rings. The average Bonchev–Trinajstić information content (AvgIpc) is 2.60. The number of hydrogen-bond donors (Lipinski definition) is 1. The maximum Gasteiger partial charge on any atom is 0.306 e. The fraction of sp³-hybridized carbons (Fsp3) is 0.200. The zero-order valence-corrected chi connectivity index (χ0v) is 13.5. The molecule has 0 spiro atoms. The quantitative estimate of drug-likeness (QED) is 0.729. The Morgan fingerprint density at radius 1 is 1.04 bits per heavy atom. The molecule has 1 aromatic heterocycles. The number of carbonyl (C=O) groups excluding carboxylic acids is 1. The molecule has 0 unspecified atom stereocenters. The first-order valence-electron chi connectivity index (χ1n) is 8.05. The topological polar surface area (TPSA) is 59.2 Å². The molecule has 0 aliphatic rings. The Hall–Kier alpha value is -2.88. The number of rotatable bonds is 5. The zero-order chi connectivity index (χ0) is 16.9. The Morgan fingerprint density at radius 2 is 1.75 bits per heavy atom. The fourth-order valence-electron chi connectivity index (χ4n) is 2.92. The molecule has 0 aliphatic heterocycles. The van der Waals surface area contributed by atoms with Gasteiger partial charge < -0.3 is 9.72 Å². The maximum atomic E-state index is 12.6. The number of H-pyrrole nitrogens is 1. The van der Waals surface area contributed by atoms with Crippen molar-refractivity contribution in [2.24, 2.45) is 0 Å². The van der Waals surface area contributed by atoms with E-state index in [4.69, 9.17) is 4.74 Å². The highest BCUT2D eigenvalue weighted by Gasteiger charge is 2.15. The number of fused-ring (bicyclic) bond motifs is 1. The van der Waals surface area contributed by atoms with E-state index in [1.54, 1.807) is 6.92 Å². The van der Waals surface area contributed by atoms with Gasteiger partial charge in [0.15, 0.2) is 0 Å². The van der Waals surface area contributed by atoms with E-state index >= 15 is 0 Å². The number of aromatic nitrogens is 1. The minimum absolute atomic E-state index is 0.156. The van der Waals surface area contributed by atoms with E-state index in [0.717, 1.165) is 22.0 Å². The first-order valence-corrected chi connectivity index (χ1v) is 8.05. The third-order valence-electron chi connectivity index (χ3n) is 3.97. The highest BCUT2D eigenvalue weighted by atomic mass is 16.5. The van der Waals surface area contributed by atoms with Crippen molar-refractivity contribution in [1.29, 1.82) is 0 Å². The van der Waals surface area contributed by atoms with Crippen molar-refractivity contribution >= 4 is 16.9 Å². The van der Waals surface area contributed by atoms with E-state index in [1.165, 1.54) is 0 Å². The van der Waals surface area contributed by atoms with Gasteiger partial charge in [0.1, 0.15) is 0 Å². The van der Waals surface area contributed by atoms with Gasteiger partial charge in [-0.2, -0.15) is 0 Å². The van der Waals surface area contributed by atoms with Crippen LogP contribution in [-0.2, 0) is 16.0 Å². The van der Waals surface area contributed by atoms with Crippen LogP contribution in [0.3, 0.4) is 0 Å². The molecule has 0 saturated heterocycles. The molecule has 0 bridgehead atoms. The van der Waals surface area contributed by atoms with Crippen molar-refractivity contribution < 1.29 is 9.53 Å². The number of esters is 1. The Morgan fingerprint density at radius 3 is 2.50 bits per heavy atom. The smallest absolute Gasteiger partial charge is 0.306 e. The lowest BCUT2D eigenvalue weighted by Crippen LogP contribution is -2.17. The lowest BCUT2D eigenvalue weighted by Gasteiger charge is -2.13. The van der Waals surface area contributed by atoms with Crippen LogP contribution < -0.4 is 5.56 Å². The molecule has 0 amide bonds. The summed E-state index contributed by atoms with van der Waals surface area (Å²) in [4.78, 5) is 27.2. The van der Waals surface area contributed by atoms with Crippen molar-refractivity contribution in [2.45, 2.75) is 19.8 Å². The predicted octanol–water partition coefficient (Wildman–Crippen LogP) is 3.69. The van der Waals surface area contributed by atoms with Crippen LogP contribution in [0.25, 0.3) is 22.0 Å². The number of pyridine rings is 1. The van der Waals surface area contributed by atoms with Crippen LogP contribution in [0.5, 0.6) is 0 Å².